The van der Waals surface area contributed by atoms with Gasteiger partial charge in [0, 0.05) is 12.1 Å². The molecule has 4 nitrogen and oxygen atoms in total. The topological polar surface area (TPSA) is 49.4 Å². The second-order valence-corrected chi connectivity index (χ2v) is 4.97. The summed E-state index contributed by atoms with van der Waals surface area (Å²) in [5, 5.41) is 2.83. The number of nitrogens with one attached hydrogen (secondary N) is 1. The lowest BCUT2D eigenvalue weighted by Gasteiger charge is -2.27. The Morgan fingerprint density at radius 1 is 1.60 bits per heavy atom. The van der Waals surface area contributed by atoms with Crippen LogP contribution in [0.15, 0.2) is 12.2 Å². The molecule has 0 bridgehead atoms. The lowest BCUT2D eigenvalue weighted by atomic mass is 10.1. The fourth-order valence-corrected chi connectivity index (χ4v) is 1.57. The zero-order valence-corrected chi connectivity index (χ0v) is 9.54. The molecule has 1 heterocycles. The summed E-state index contributed by atoms with van der Waals surface area (Å²) >= 11 is 0. The van der Waals surface area contributed by atoms with Crippen LogP contribution in [0.25, 0.3) is 0 Å². The van der Waals surface area contributed by atoms with Gasteiger partial charge in [-0.25, -0.2) is 4.79 Å². The van der Waals surface area contributed by atoms with Crippen LogP contribution in [0.4, 0.5) is 4.79 Å². The van der Waals surface area contributed by atoms with Crippen LogP contribution in [0.1, 0.15) is 27.2 Å². The van der Waals surface area contributed by atoms with E-state index >= 15 is 0 Å². The molecule has 0 aromatic heterocycles. The summed E-state index contributed by atoms with van der Waals surface area (Å²) in [5.41, 5.74) is 0.644. The highest BCUT2D eigenvalue weighted by Crippen LogP contribution is 2.20. The van der Waals surface area contributed by atoms with Gasteiger partial charge < -0.3 is 15.0 Å². The number of nitrogens with zero attached hydrogens (tertiary/aromatic N) is 1. The third kappa shape index (κ3) is 3.08. The van der Waals surface area contributed by atoms with E-state index in [1.807, 2.05) is 20.8 Å². The van der Waals surface area contributed by atoms with Gasteiger partial charge in [0.2, 0.25) is 0 Å². The molecule has 0 aromatic rings. The van der Waals surface area contributed by atoms with E-state index in [-0.39, 0.29) is 17.6 Å². The highest BCUT2D eigenvalue weighted by atomic mass is 16.2. The van der Waals surface area contributed by atoms with Crippen molar-refractivity contribution in [3.8, 4) is 0 Å². The Labute approximate surface area is 90.3 Å². The third-order valence-electron chi connectivity index (χ3n) is 2.19. The Hall–Kier alpha value is -1.32. The minimum Gasteiger partial charge on any atom is -0.333 e. The normalized spacial score (nSPS) is 21.7. The van der Waals surface area contributed by atoms with Crippen LogP contribution in [-0.4, -0.2) is 35.3 Å². The van der Waals surface area contributed by atoms with Crippen molar-refractivity contribution in [2.75, 3.05) is 6.54 Å². The first-order chi connectivity index (χ1) is 6.83. The predicted molar refractivity (Wildman–Crippen MR) is 58.6 cm³/mol. The molecular weight excluding hydrogens is 192 g/mol. The maximum Gasteiger partial charge on any atom is 0.318 e. The minimum atomic E-state index is -0.347. The summed E-state index contributed by atoms with van der Waals surface area (Å²) < 4.78 is 0. The van der Waals surface area contributed by atoms with Crippen molar-refractivity contribution in [1.82, 2.24) is 10.2 Å². The number of likely N-dealkylation sites (tertiary alicyclic amines) is 1. The van der Waals surface area contributed by atoms with Crippen LogP contribution in [0.2, 0.25) is 0 Å². The largest absolute Gasteiger partial charge is 0.333 e. The number of amides is 2. The molecule has 1 atom stereocenters. The summed E-state index contributed by atoms with van der Waals surface area (Å²) in [5.74, 6) is 0. The monoisotopic (exact) mass is 210 g/mol. The van der Waals surface area contributed by atoms with Gasteiger partial charge >= 0.3 is 6.03 Å². The average Bonchev–Trinajstić information content (AvgIpc) is 2.43. The quantitative estimate of drug-likeness (QED) is 0.524. The van der Waals surface area contributed by atoms with Crippen molar-refractivity contribution in [3.63, 3.8) is 0 Å². The molecular formula is C11H18N2O2. The lowest BCUT2D eigenvalue weighted by Crippen LogP contribution is -2.50. The number of urea groups is 1. The second kappa shape index (κ2) is 4.04. The minimum absolute atomic E-state index is 0.196. The molecule has 0 spiro atoms. The van der Waals surface area contributed by atoms with Crippen LogP contribution in [0.5, 0.6) is 0 Å². The first kappa shape index (κ1) is 11.8. The average molecular weight is 210 g/mol. The molecule has 4 heteroatoms. The molecule has 0 saturated carbocycles. The molecule has 84 valence electrons. The SMILES string of the molecule is C=C1C[C@@H](C=O)N(C(=O)NC(C)(C)C)C1. The van der Waals surface area contributed by atoms with Gasteiger partial charge in [-0.1, -0.05) is 12.2 Å². The Bertz CT molecular complexity index is 291. The number of aldehydes is 1. The van der Waals surface area contributed by atoms with Crippen molar-refractivity contribution in [2.24, 2.45) is 0 Å². The smallest absolute Gasteiger partial charge is 0.318 e. The summed E-state index contributed by atoms with van der Waals surface area (Å²) in [6, 6.07) is -0.543. The fourth-order valence-electron chi connectivity index (χ4n) is 1.57. The van der Waals surface area contributed by atoms with Crippen molar-refractivity contribution in [2.45, 2.75) is 38.8 Å². The molecule has 0 unspecified atom stereocenters. The van der Waals surface area contributed by atoms with Crippen molar-refractivity contribution in [1.29, 1.82) is 0 Å². The van der Waals surface area contributed by atoms with E-state index in [4.69, 9.17) is 0 Å². The molecule has 1 rings (SSSR count). The molecule has 2 amide bonds. The highest BCUT2D eigenvalue weighted by Gasteiger charge is 2.31. The molecule has 1 N–H and O–H groups in total. The Morgan fingerprint density at radius 2 is 2.20 bits per heavy atom. The lowest BCUT2D eigenvalue weighted by molar-refractivity contribution is -0.110. The van der Waals surface area contributed by atoms with Gasteiger partial charge in [-0.15, -0.1) is 0 Å². The van der Waals surface area contributed by atoms with Crippen LogP contribution in [-0.2, 0) is 4.79 Å². The molecule has 0 aromatic carbocycles. The number of carbonyl (C=O) groups is 2. The Kier molecular flexibility index (Phi) is 3.17. The maximum atomic E-state index is 11.8. The predicted octanol–water partition coefficient (Wildman–Crippen LogP) is 1.32. The standard InChI is InChI=1S/C11H18N2O2/c1-8-5-9(7-14)13(6-8)10(15)12-11(2,3)4/h7,9H,1,5-6H2,2-4H3,(H,12,15)/t9-/m0/s1. The van der Waals surface area contributed by atoms with Crippen LogP contribution in [0.3, 0.4) is 0 Å². The Balaban J connectivity index is 2.67. The van der Waals surface area contributed by atoms with E-state index in [1.165, 1.54) is 4.90 Å². The van der Waals surface area contributed by atoms with E-state index in [9.17, 15) is 9.59 Å². The van der Waals surface area contributed by atoms with Crippen LogP contribution >= 0.6 is 0 Å². The number of hydrogen-bond acceptors (Lipinski definition) is 2. The van der Waals surface area contributed by atoms with Gasteiger partial charge in [0.05, 0.1) is 6.04 Å². The van der Waals surface area contributed by atoms with Crippen LogP contribution in [0, 0.1) is 0 Å². The van der Waals surface area contributed by atoms with Crippen molar-refractivity contribution < 1.29 is 9.59 Å². The van der Waals surface area contributed by atoms with E-state index in [0.717, 1.165) is 11.9 Å². The molecule has 1 aliphatic rings. The third-order valence-corrected chi connectivity index (χ3v) is 2.19. The van der Waals surface area contributed by atoms with Crippen LogP contribution < -0.4 is 5.32 Å². The molecule has 0 aliphatic carbocycles. The molecule has 15 heavy (non-hydrogen) atoms. The first-order valence-electron chi connectivity index (χ1n) is 5.04. The zero-order chi connectivity index (χ0) is 11.6. The van der Waals surface area contributed by atoms with Crippen molar-refractivity contribution in [3.05, 3.63) is 12.2 Å². The van der Waals surface area contributed by atoms with Gasteiger partial charge in [-0.05, 0) is 27.2 Å². The molecule has 0 radical (unpaired) electrons. The summed E-state index contributed by atoms with van der Waals surface area (Å²) in [4.78, 5) is 24.1. The summed E-state index contributed by atoms with van der Waals surface area (Å²) in [6.07, 6.45) is 1.39. The van der Waals surface area contributed by atoms with Gasteiger partial charge in [-0.3, -0.25) is 0 Å². The van der Waals surface area contributed by atoms with Crippen molar-refractivity contribution >= 4 is 12.3 Å². The summed E-state index contributed by atoms with van der Waals surface area (Å²) in [6.45, 7) is 10.0. The second-order valence-electron chi connectivity index (χ2n) is 4.97. The molecule has 1 aliphatic heterocycles. The van der Waals surface area contributed by atoms with E-state index < -0.39 is 0 Å². The Morgan fingerprint density at radius 3 is 2.67 bits per heavy atom. The maximum absolute atomic E-state index is 11.8. The molecule has 1 saturated heterocycles. The van der Waals surface area contributed by atoms with Gasteiger partial charge in [0.1, 0.15) is 6.29 Å². The number of hydrogen-bond donors (Lipinski definition) is 1. The summed E-state index contributed by atoms with van der Waals surface area (Å²) in [7, 11) is 0. The molecule has 1 fully saturated rings. The van der Waals surface area contributed by atoms with E-state index in [2.05, 4.69) is 11.9 Å². The highest BCUT2D eigenvalue weighted by molar-refractivity contribution is 5.80. The number of rotatable bonds is 1. The van der Waals surface area contributed by atoms with E-state index in [0.29, 0.717) is 13.0 Å². The first-order valence-corrected chi connectivity index (χ1v) is 5.04. The number of carbonyl (C=O) groups excluding carboxylic acids is 2. The van der Waals surface area contributed by atoms with E-state index in [1.54, 1.807) is 0 Å². The van der Waals surface area contributed by atoms with Gasteiger partial charge in [-0.2, -0.15) is 0 Å². The fraction of sp³-hybridized carbons (Fsp3) is 0.636. The van der Waals surface area contributed by atoms with Gasteiger partial charge in [0.25, 0.3) is 0 Å². The van der Waals surface area contributed by atoms with Gasteiger partial charge in [0.15, 0.2) is 0 Å². The zero-order valence-electron chi connectivity index (χ0n) is 9.54.